The van der Waals surface area contributed by atoms with Crippen LogP contribution < -0.4 is 10.3 Å². The van der Waals surface area contributed by atoms with Gasteiger partial charge in [-0.1, -0.05) is 23.9 Å². The number of rotatable bonds is 8. The van der Waals surface area contributed by atoms with Crippen LogP contribution in [0.1, 0.15) is 5.56 Å². The highest BCUT2D eigenvalue weighted by atomic mass is 32.2. The van der Waals surface area contributed by atoms with Crippen LogP contribution >= 0.6 is 23.8 Å². The highest BCUT2D eigenvalue weighted by Gasteiger charge is 2.18. The monoisotopic (exact) mass is 474 g/mol. The molecule has 7 nitrogen and oxygen atoms in total. The van der Waals surface area contributed by atoms with Gasteiger partial charge in [0.25, 0.3) is 5.56 Å². The van der Waals surface area contributed by atoms with Crippen molar-refractivity contribution in [2.24, 2.45) is 0 Å². The number of benzene rings is 1. The second-order valence-electron chi connectivity index (χ2n) is 6.39. The van der Waals surface area contributed by atoms with E-state index in [1.807, 2.05) is 6.07 Å². The van der Waals surface area contributed by atoms with Crippen molar-refractivity contribution >= 4 is 34.6 Å². The standard InChI is InChI=1S/C21H16F2N4O3S2/c1-29-17-8-7-13(10-25-17)12-27-20(28)15-5-2-6-16(32-30-21(22)23)18(15)19(26-27)31-14-4-3-9-24-11-14/h2-11,21H,12H2,1H3. The number of hydrogen-bond acceptors (Lipinski definition) is 8. The first-order valence-corrected chi connectivity index (χ1v) is 10.8. The normalized spacial score (nSPS) is 11.2. The van der Waals surface area contributed by atoms with Crippen LogP contribution in [-0.2, 0) is 10.7 Å². The summed E-state index contributed by atoms with van der Waals surface area (Å²) < 4.78 is 36.1. The minimum atomic E-state index is -2.96. The molecule has 0 saturated carbocycles. The molecule has 0 saturated heterocycles. The first-order valence-electron chi connectivity index (χ1n) is 9.27. The van der Waals surface area contributed by atoms with Gasteiger partial charge in [0.1, 0.15) is 5.03 Å². The lowest BCUT2D eigenvalue weighted by atomic mass is 10.2. The van der Waals surface area contributed by atoms with Gasteiger partial charge in [-0.25, -0.2) is 13.8 Å². The molecule has 0 aliphatic heterocycles. The molecule has 164 valence electrons. The molecular weight excluding hydrogens is 458 g/mol. The van der Waals surface area contributed by atoms with Crippen LogP contribution in [0.25, 0.3) is 10.8 Å². The number of methoxy groups -OCH3 is 1. The number of halogens is 2. The molecule has 4 aromatic rings. The summed E-state index contributed by atoms with van der Waals surface area (Å²) in [4.78, 5) is 22.6. The van der Waals surface area contributed by atoms with Crippen LogP contribution in [-0.4, -0.2) is 33.5 Å². The Morgan fingerprint density at radius 2 is 2.00 bits per heavy atom. The van der Waals surface area contributed by atoms with Crippen LogP contribution in [0.15, 0.2) is 80.7 Å². The molecule has 0 amide bonds. The number of pyridine rings is 2. The molecule has 32 heavy (non-hydrogen) atoms. The van der Waals surface area contributed by atoms with Crippen LogP contribution in [0, 0.1) is 0 Å². The summed E-state index contributed by atoms with van der Waals surface area (Å²) in [5, 5.41) is 5.80. The third-order valence-corrected chi connectivity index (χ3v) is 6.03. The van der Waals surface area contributed by atoms with Crippen molar-refractivity contribution in [3.63, 3.8) is 0 Å². The fourth-order valence-electron chi connectivity index (χ4n) is 2.93. The Bertz CT molecular complexity index is 1270. The van der Waals surface area contributed by atoms with E-state index in [1.54, 1.807) is 55.0 Å². The fourth-order valence-corrected chi connectivity index (χ4v) is 4.54. The minimum absolute atomic E-state index is 0.178. The van der Waals surface area contributed by atoms with E-state index in [0.29, 0.717) is 38.6 Å². The summed E-state index contributed by atoms with van der Waals surface area (Å²) in [5.74, 6) is 0.459. The maximum absolute atomic E-state index is 13.2. The Balaban J connectivity index is 1.82. The van der Waals surface area contributed by atoms with E-state index in [-0.39, 0.29) is 12.1 Å². The predicted molar refractivity (Wildman–Crippen MR) is 117 cm³/mol. The van der Waals surface area contributed by atoms with E-state index in [4.69, 9.17) is 4.74 Å². The Labute approximate surface area is 190 Å². The zero-order chi connectivity index (χ0) is 22.5. The van der Waals surface area contributed by atoms with Gasteiger partial charge in [-0.05, 0) is 29.8 Å². The van der Waals surface area contributed by atoms with Gasteiger partial charge in [-0.2, -0.15) is 13.9 Å². The first kappa shape index (κ1) is 22.2. The number of nitrogens with zero attached hydrogens (tertiary/aromatic N) is 4. The number of aromatic nitrogens is 4. The Hall–Kier alpha value is -3.02. The Kier molecular flexibility index (Phi) is 6.98. The maximum Gasteiger partial charge on any atom is 0.355 e. The van der Waals surface area contributed by atoms with E-state index in [2.05, 4.69) is 19.2 Å². The van der Waals surface area contributed by atoms with Crippen molar-refractivity contribution in [1.82, 2.24) is 19.7 Å². The summed E-state index contributed by atoms with van der Waals surface area (Å²) in [6.45, 7) is -2.78. The van der Waals surface area contributed by atoms with Gasteiger partial charge in [0.2, 0.25) is 5.88 Å². The zero-order valence-electron chi connectivity index (χ0n) is 16.6. The molecule has 0 spiro atoms. The molecule has 4 rings (SSSR count). The highest BCUT2D eigenvalue weighted by Crippen LogP contribution is 2.36. The Morgan fingerprint density at radius 1 is 1.12 bits per heavy atom. The smallest absolute Gasteiger partial charge is 0.355 e. The minimum Gasteiger partial charge on any atom is -0.481 e. The lowest BCUT2D eigenvalue weighted by Gasteiger charge is -2.13. The van der Waals surface area contributed by atoms with Crippen molar-refractivity contribution in [1.29, 1.82) is 0 Å². The van der Waals surface area contributed by atoms with E-state index < -0.39 is 6.61 Å². The second-order valence-corrected chi connectivity index (χ2v) is 8.25. The van der Waals surface area contributed by atoms with E-state index in [9.17, 15) is 13.6 Å². The van der Waals surface area contributed by atoms with Crippen LogP contribution in [0.3, 0.4) is 0 Å². The molecule has 0 bridgehead atoms. The molecule has 3 aromatic heterocycles. The first-order chi connectivity index (χ1) is 15.5. The molecule has 1 aromatic carbocycles. The molecule has 0 fully saturated rings. The summed E-state index contributed by atoms with van der Waals surface area (Å²) in [6, 6.07) is 12.0. The molecule has 0 N–H and O–H groups in total. The number of fused-ring (bicyclic) bond motifs is 1. The zero-order valence-corrected chi connectivity index (χ0v) is 18.3. The quantitative estimate of drug-likeness (QED) is 0.342. The topological polar surface area (TPSA) is 79.1 Å². The van der Waals surface area contributed by atoms with Crippen LogP contribution in [0.2, 0.25) is 0 Å². The molecule has 0 unspecified atom stereocenters. The lowest BCUT2D eigenvalue weighted by Crippen LogP contribution is -2.24. The number of alkyl halides is 2. The summed E-state index contributed by atoms with van der Waals surface area (Å²) in [5.41, 5.74) is 0.398. The SMILES string of the molecule is COc1ccc(Cn2nc(Sc3cccnc3)c3c(SOC(F)F)cccc3c2=O)cn1. The maximum atomic E-state index is 13.2. The van der Waals surface area contributed by atoms with Gasteiger partial charge in [0, 0.05) is 51.9 Å². The van der Waals surface area contributed by atoms with Crippen LogP contribution in [0.4, 0.5) is 8.78 Å². The summed E-state index contributed by atoms with van der Waals surface area (Å²) >= 11 is 1.79. The molecule has 11 heteroatoms. The summed E-state index contributed by atoms with van der Waals surface area (Å²) in [7, 11) is 1.52. The van der Waals surface area contributed by atoms with Gasteiger partial charge in [0.15, 0.2) is 0 Å². The largest absolute Gasteiger partial charge is 0.481 e. The molecule has 0 aliphatic rings. The van der Waals surface area contributed by atoms with Crippen molar-refractivity contribution in [2.75, 3.05) is 7.11 Å². The van der Waals surface area contributed by atoms with E-state index in [1.165, 1.54) is 23.6 Å². The third kappa shape index (κ3) is 5.06. The van der Waals surface area contributed by atoms with E-state index in [0.717, 1.165) is 10.5 Å². The number of ether oxygens (including phenoxy) is 1. The van der Waals surface area contributed by atoms with Gasteiger partial charge < -0.3 is 4.74 Å². The van der Waals surface area contributed by atoms with Crippen molar-refractivity contribution in [3.05, 3.63) is 77.0 Å². The summed E-state index contributed by atoms with van der Waals surface area (Å²) in [6.07, 6.45) is 4.91. The third-order valence-electron chi connectivity index (χ3n) is 4.32. The molecular formula is C21H16F2N4O3S2. The van der Waals surface area contributed by atoms with Gasteiger partial charge >= 0.3 is 6.61 Å². The molecule has 3 heterocycles. The number of hydrogen-bond donors (Lipinski definition) is 0. The average molecular weight is 475 g/mol. The van der Waals surface area contributed by atoms with Gasteiger partial charge in [-0.15, -0.1) is 0 Å². The highest BCUT2D eigenvalue weighted by molar-refractivity contribution is 7.99. The molecule has 0 atom stereocenters. The van der Waals surface area contributed by atoms with Crippen molar-refractivity contribution in [2.45, 2.75) is 28.0 Å². The fraction of sp³-hybridized carbons (Fsp3) is 0.143. The van der Waals surface area contributed by atoms with Crippen molar-refractivity contribution in [3.8, 4) is 5.88 Å². The molecule has 0 aliphatic carbocycles. The second kappa shape index (κ2) is 10.1. The average Bonchev–Trinajstić information content (AvgIpc) is 2.81. The molecule has 0 radical (unpaired) electrons. The lowest BCUT2D eigenvalue weighted by molar-refractivity contribution is -0.0345. The van der Waals surface area contributed by atoms with E-state index >= 15 is 0 Å². The predicted octanol–water partition coefficient (Wildman–Crippen LogP) is 4.64. The van der Waals surface area contributed by atoms with Crippen molar-refractivity contribution < 1.29 is 17.7 Å². The van der Waals surface area contributed by atoms with Gasteiger partial charge in [-0.3, -0.25) is 9.78 Å². The van der Waals surface area contributed by atoms with Gasteiger partial charge in [0.05, 0.1) is 19.0 Å². The van der Waals surface area contributed by atoms with Crippen LogP contribution in [0.5, 0.6) is 5.88 Å². The Morgan fingerprint density at radius 3 is 2.69 bits per heavy atom.